The van der Waals surface area contributed by atoms with Crippen molar-refractivity contribution < 1.29 is 19.4 Å². The van der Waals surface area contributed by atoms with Gasteiger partial charge in [0.15, 0.2) is 0 Å². The highest BCUT2D eigenvalue weighted by Gasteiger charge is 2.21. The molecule has 0 saturated carbocycles. The van der Waals surface area contributed by atoms with Crippen LogP contribution in [0.15, 0.2) is 18.2 Å². The number of aliphatic carboxylic acids is 1. The fraction of sp³-hybridized carbons (Fsp3) is 0.385. The van der Waals surface area contributed by atoms with Gasteiger partial charge in [-0.05, 0) is 24.6 Å². The Bertz CT molecular complexity index is 493. The van der Waals surface area contributed by atoms with E-state index in [0.717, 1.165) is 0 Å². The lowest BCUT2D eigenvalue weighted by molar-refractivity contribution is -0.142. The van der Waals surface area contributed by atoms with Crippen molar-refractivity contribution in [3.8, 4) is 0 Å². The molecule has 1 aromatic rings. The molecular formula is C13H15Cl2NO4. The van der Waals surface area contributed by atoms with Gasteiger partial charge in [0.2, 0.25) is 5.91 Å². The monoisotopic (exact) mass is 319 g/mol. The Kier molecular flexibility index (Phi) is 6.78. The summed E-state index contributed by atoms with van der Waals surface area (Å²) in [5, 5.41) is 12.3. The number of hydrogen-bond acceptors (Lipinski definition) is 3. The first kappa shape index (κ1) is 16.8. The number of nitrogens with one attached hydrogen (secondary N) is 1. The van der Waals surface area contributed by atoms with E-state index in [1.54, 1.807) is 19.1 Å². The molecule has 1 amide bonds. The summed E-state index contributed by atoms with van der Waals surface area (Å²) in [5.41, 5.74) is 0.597. The van der Waals surface area contributed by atoms with Crippen LogP contribution in [-0.4, -0.2) is 36.2 Å². The Hall–Kier alpha value is -1.30. The predicted octanol–water partition coefficient (Wildman–Crippen LogP) is 2.14. The maximum Gasteiger partial charge on any atom is 0.326 e. The highest BCUT2D eigenvalue weighted by atomic mass is 35.5. The number of amides is 1. The van der Waals surface area contributed by atoms with Crippen LogP contribution in [-0.2, 0) is 20.7 Å². The van der Waals surface area contributed by atoms with E-state index in [1.807, 2.05) is 0 Å². The van der Waals surface area contributed by atoms with E-state index < -0.39 is 17.9 Å². The summed E-state index contributed by atoms with van der Waals surface area (Å²) in [6, 6.07) is 3.71. The van der Waals surface area contributed by atoms with Gasteiger partial charge in [-0.2, -0.15) is 0 Å². The highest BCUT2D eigenvalue weighted by molar-refractivity contribution is 6.35. The summed E-state index contributed by atoms with van der Waals surface area (Å²) < 4.78 is 4.92. The van der Waals surface area contributed by atoms with E-state index in [1.165, 1.54) is 6.07 Å². The quantitative estimate of drug-likeness (QED) is 0.807. The van der Waals surface area contributed by atoms with E-state index in [0.29, 0.717) is 22.2 Å². The van der Waals surface area contributed by atoms with Crippen molar-refractivity contribution in [2.24, 2.45) is 0 Å². The molecule has 0 aliphatic heterocycles. The molecule has 7 heteroatoms. The van der Waals surface area contributed by atoms with Gasteiger partial charge in [0.05, 0.1) is 0 Å². The summed E-state index contributed by atoms with van der Waals surface area (Å²) >= 11 is 11.8. The molecule has 0 radical (unpaired) electrons. The Labute approximate surface area is 126 Å². The van der Waals surface area contributed by atoms with Crippen molar-refractivity contribution in [2.75, 3.05) is 13.2 Å². The zero-order valence-electron chi connectivity index (χ0n) is 10.9. The van der Waals surface area contributed by atoms with Crippen LogP contribution in [0.25, 0.3) is 0 Å². The van der Waals surface area contributed by atoms with Gasteiger partial charge in [-0.15, -0.1) is 0 Å². The summed E-state index contributed by atoms with van der Waals surface area (Å²) in [6.45, 7) is 1.96. The predicted molar refractivity (Wildman–Crippen MR) is 76.2 cm³/mol. The van der Waals surface area contributed by atoms with Crippen molar-refractivity contribution in [1.82, 2.24) is 5.32 Å². The second kappa shape index (κ2) is 8.09. The van der Waals surface area contributed by atoms with Crippen molar-refractivity contribution in [2.45, 2.75) is 19.4 Å². The van der Waals surface area contributed by atoms with Crippen molar-refractivity contribution in [3.05, 3.63) is 33.8 Å². The van der Waals surface area contributed by atoms with Crippen molar-refractivity contribution >= 4 is 35.1 Å². The molecule has 110 valence electrons. The smallest absolute Gasteiger partial charge is 0.326 e. The van der Waals surface area contributed by atoms with E-state index in [2.05, 4.69) is 5.32 Å². The second-order valence-corrected chi connectivity index (χ2v) is 4.88. The molecule has 0 heterocycles. The van der Waals surface area contributed by atoms with Gasteiger partial charge in [0.1, 0.15) is 12.6 Å². The van der Waals surface area contributed by atoms with E-state index in [4.69, 9.17) is 33.0 Å². The topological polar surface area (TPSA) is 75.6 Å². The molecule has 0 spiro atoms. The molecule has 2 N–H and O–H groups in total. The number of hydrogen-bond donors (Lipinski definition) is 2. The lowest BCUT2D eigenvalue weighted by Gasteiger charge is -2.15. The Morgan fingerprint density at radius 2 is 2.10 bits per heavy atom. The summed E-state index contributed by atoms with van der Waals surface area (Å²) in [7, 11) is 0. The zero-order chi connectivity index (χ0) is 15.1. The van der Waals surface area contributed by atoms with Crippen LogP contribution in [0.1, 0.15) is 12.5 Å². The first-order valence-electron chi connectivity index (χ1n) is 5.98. The summed E-state index contributed by atoms with van der Waals surface area (Å²) in [4.78, 5) is 22.7. The number of carbonyl (C=O) groups is 2. The Morgan fingerprint density at radius 3 is 2.65 bits per heavy atom. The zero-order valence-corrected chi connectivity index (χ0v) is 12.4. The SMILES string of the molecule is CCOCC(=O)N[C@H](Cc1ccc(Cl)cc1Cl)C(=O)O. The average molecular weight is 320 g/mol. The summed E-state index contributed by atoms with van der Waals surface area (Å²) in [5.74, 6) is -1.62. The van der Waals surface area contributed by atoms with Crippen LogP contribution < -0.4 is 5.32 Å². The molecular weight excluding hydrogens is 305 g/mol. The third-order valence-electron chi connectivity index (χ3n) is 2.51. The molecule has 1 rings (SSSR count). The third kappa shape index (κ3) is 5.36. The molecule has 0 aliphatic rings. The minimum atomic E-state index is -1.14. The highest BCUT2D eigenvalue weighted by Crippen LogP contribution is 2.22. The molecule has 0 saturated heterocycles. The molecule has 5 nitrogen and oxygen atoms in total. The maximum atomic E-state index is 11.5. The molecule has 0 unspecified atom stereocenters. The molecule has 0 bridgehead atoms. The van der Waals surface area contributed by atoms with Crippen LogP contribution in [0.4, 0.5) is 0 Å². The number of carboxylic acid groups (broad SMARTS) is 1. The van der Waals surface area contributed by atoms with E-state index in [-0.39, 0.29) is 13.0 Å². The molecule has 1 atom stereocenters. The number of ether oxygens (including phenoxy) is 1. The van der Waals surface area contributed by atoms with Crippen molar-refractivity contribution in [1.29, 1.82) is 0 Å². The molecule has 0 aromatic heterocycles. The van der Waals surface area contributed by atoms with Crippen molar-refractivity contribution in [3.63, 3.8) is 0 Å². The van der Waals surface area contributed by atoms with Gasteiger partial charge in [-0.25, -0.2) is 4.79 Å². The van der Waals surface area contributed by atoms with Gasteiger partial charge in [0, 0.05) is 23.1 Å². The number of carboxylic acids is 1. The standard InChI is InChI=1S/C13H15Cl2NO4/c1-2-20-7-12(17)16-11(13(18)19)5-8-3-4-9(14)6-10(8)15/h3-4,6,11H,2,5,7H2,1H3,(H,16,17)(H,18,19)/t11-/m1/s1. The molecule has 0 fully saturated rings. The van der Waals surface area contributed by atoms with Gasteiger partial charge in [0.25, 0.3) is 0 Å². The van der Waals surface area contributed by atoms with Crippen LogP contribution in [0, 0.1) is 0 Å². The average Bonchev–Trinajstić information content (AvgIpc) is 2.38. The lowest BCUT2D eigenvalue weighted by atomic mass is 10.1. The van der Waals surface area contributed by atoms with E-state index >= 15 is 0 Å². The third-order valence-corrected chi connectivity index (χ3v) is 3.10. The van der Waals surface area contributed by atoms with Gasteiger partial charge < -0.3 is 15.2 Å². The normalized spacial score (nSPS) is 11.9. The number of benzene rings is 1. The van der Waals surface area contributed by atoms with Crippen LogP contribution >= 0.6 is 23.2 Å². The molecule has 0 aliphatic carbocycles. The number of rotatable bonds is 7. The first-order valence-corrected chi connectivity index (χ1v) is 6.73. The van der Waals surface area contributed by atoms with Gasteiger partial charge in [-0.3, -0.25) is 4.79 Å². The van der Waals surface area contributed by atoms with Gasteiger partial charge in [-0.1, -0.05) is 29.3 Å². The lowest BCUT2D eigenvalue weighted by Crippen LogP contribution is -2.43. The Balaban J connectivity index is 2.72. The number of carbonyl (C=O) groups excluding carboxylic acids is 1. The van der Waals surface area contributed by atoms with Crippen LogP contribution in [0.5, 0.6) is 0 Å². The maximum absolute atomic E-state index is 11.5. The van der Waals surface area contributed by atoms with E-state index in [9.17, 15) is 9.59 Å². The largest absolute Gasteiger partial charge is 0.480 e. The minimum Gasteiger partial charge on any atom is -0.480 e. The minimum absolute atomic E-state index is 0.0726. The molecule has 1 aromatic carbocycles. The number of halogens is 2. The van der Waals surface area contributed by atoms with Crippen LogP contribution in [0.3, 0.4) is 0 Å². The Morgan fingerprint density at radius 1 is 1.40 bits per heavy atom. The van der Waals surface area contributed by atoms with Gasteiger partial charge >= 0.3 is 5.97 Å². The summed E-state index contributed by atoms with van der Waals surface area (Å²) in [6.07, 6.45) is 0.0726. The van der Waals surface area contributed by atoms with Crippen LogP contribution in [0.2, 0.25) is 10.0 Å². The molecule has 20 heavy (non-hydrogen) atoms. The second-order valence-electron chi connectivity index (χ2n) is 4.04. The fourth-order valence-electron chi connectivity index (χ4n) is 1.54. The fourth-order valence-corrected chi connectivity index (χ4v) is 2.02. The first-order chi connectivity index (χ1) is 9.43.